The van der Waals surface area contributed by atoms with E-state index in [1.54, 1.807) is 4.90 Å². The van der Waals surface area contributed by atoms with Crippen molar-refractivity contribution < 1.29 is 14.3 Å². The van der Waals surface area contributed by atoms with E-state index in [2.05, 4.69) is 5.32 Å². The van der Waals surface area contributed by atoms with Gasteiger partial charge < -0.3 is 10.1 Å². The first-order chi connectivity index (χ1) is 12.1. The molecule has 1 aliphatic heterocycles. The summed E-state index contributed by atoms with van der Waals surface area (Å²) in [5, 5.41) is 2.93. The van der Waals surface area contributed by atoms with Gasteiger partial charge in [-0.3, -0.25) is 14.5 Å². The van der Waals surface area contributed by atoms with E-state index in [0.717, 1.165) is 44.1 Å². The number of amides is 2. The molecule has 2 amide bonds. The van der Waals surface area contributed by atoms with E-state index >= 15 is 0 Å². The number of carbonyl (C=O) groups excluding carboxylic acids is 2. The first-order valence-corrected chi connectivity index (χ1v) is 9.39. The van der Waals surface area contributed by atoms with Crippen LogP contribution in [0.4, 0.5) is 0 Å². The van der Waals surface area contributed by atoms with E-state index in [1.807, 2.05) is 38.1 Å². The van der Waals surface area contributed by atoms with Gasteiger partial charge >= 0.3 is 0 Å². The van der Waals surface area contributed by atoms with Gasteiger partial charge in [0.15, 0.2) is 0 Å². The molecule has 1 saturated heterocycles. The SMILES string of the molecule is CCCNC(=O)C1COC2(CCCCC2)N1C(=O)c1ccc(C)cc1. The summed E-state index contributed by atoms with van der Waals surface area (Å²) in [6.07, 6.45) is 5.70. The van der Waals surface area contributed by atoms with Crippen molar-refractivity contribution >= 4 is 11.8 Å². The van der Waals surface area contributed by atoms with Gasteiger partial charge in [0.1, 0.15) is 11.8 Å². The van der Waals surface area contributed by atoms with Gasteiger partial charge in [-0.25, -0.2) is 0 Å². The molecule has 2 fully saturated rings. The minimum Gasteiger partial charge on any atom is -0.354 e. The van der Waals surface area contributed by atoms with Crippen molar-refractivity contribution in [2.75, 3.05) is 13.2 Å². The van der Waals surface area contributed by atoms with Crippen molar-refractivity contribution in [3.8, 4) is 0 Å². The van der Waals surface area contributed by atoms with Gasteiger partial charge in [-0.1, -0.05) is 31.0 Å². The molecule has 2 aliphatic rings. The van der Waals surface area contributed by atoms with Crippen LogP contribution in [-0.2, 0) is 9.53 Å². The molecule has 1 N–H and O–H groups in total. The predicted molar refractivity (Wildman–Crippen MR) is 96.2 cm³/mol. The van der Waals surface area contributed by atoms with Crippen molar-refractivity contribution in [3.63, 3.8) is 0 Å². The molecule has 136 valence electrons. The summed E-state index contributed by atoms with van der Waals surface area (Å²) in [6, 6.07) is 7.01. The first kappa shape index (κ1) is 17.9. The Morgan fingerprint density at radius 3 is 2.52 bits per heavy atom. The lowest BCUT2D eigenvalue weighted by Crippen LogP contribution is -2.56. The molecule has 0 aromatic heterocycles. The van der Waals surface area contributed by atoms with E-state index in [9.17, 15) is 9.59 Å². The second kappa shape index (κ2) is 7.56. The second-order valence-corrected chi connectivity index (χ2v) is 7.17. The van der Waals surface area contributed by atoms with Gasteiger partial charge in [0.25, 0.3) is 5.91 Å². The minimum atomic E-state index is -0.617. The van der Waals surface area contributed by atoms with Gasteiger partial charge in [0.2, 0.25) is 5.91 Å². The highest BCUT2D eigenvalue weighted by atomic mass is 16.5. The van der Waals surface area contributed by atoms with Crippen LogP contribution < -0.4 is 5.32 Å². The van der Waals surface area contributed by atoms with Gasteiger partial charge in [0.05, 0.1) is 6.61 Å². The van der Waals surface area contributed by atoms with Crippen LogP contribution in [0.2, 0.25) is 0 Å². The van der Waals surface area contributed by atoms with Crippen LogP contribution in [0.5, 0.6) is 0 Å². The third kappa shape index (κ3) is 3.56. The third-order valence-electron chi connectivity index (χ3n) is 5.26. The highest BCUT2D eigenvalue weighted by Crippen LogP contribution is 2.41. The zero-order valence-corrected chi connectivity index (χ0v) is 15.2. The van der Waals surface area contributed by atoms with Crippen LogP contribution in [0.15, 0.2) is 24.3 Å². The largest absolute Gasteiger partial charge is 0.354 e. The molecule has 3 rings (SSSR count). The van der Waals surface area contributed by atoms with Crippen LogP contribution in [0.25, 0.3) is 0 Å². The van der Waals surface area contributed by atoms with E-state index in [0.29, 0.717) is 12.1 Å². The molecule has 5 heteroatoms. The summed E-state index contributed by atoms with van der Waals surface area (Å²) >= 11 is 0. The fourth-order valence-corrected chi connectivity index (χ4v) is 3.87. The van der Waals surface area contributed by atoms with E-state index in [-0.39, 0.29) is 18.4 Å². The Labute approximate surface area is 149 Å². The Balaban J connectivity index is 1.90. The molecule has 5 nitrogen and oxygen atoms in total. The predicted octanol–water partition coefficient (Wildman–Crippen LogP) is 3.02. The molecule has 1 spiro atoms. The normalized spacial score (nSPS) is 22.2. The fraction of sp³-hybridized carbons (Fsp3) is 0.600. The fourth-order valence-electron chi connectivity index (χ4n) is 3.87. The molecule has 0 radical (unpaired) electrons. The molecule has 1 heterocycles. The maximum atomic E-state index is 13.3. The van der Waals surface area contributed by atoms with E-state index < -0.39 is 11.8 Å². The lowest BCUT2D eigenvalue weighted by molar-refractivity contribution is -0.127. The molecular formula is C20H28N2O3. The number of hydrogen-bond acceptors (Lipinski definition) is 3. The van der Waals surface area contributed by atoms with Gasteiger partial charge in [0, 0.05) is 12.1 Å². The Morgan fingerprint density at radius 1 is 1.20 bits per heavy atom. The van der Waals surface area contributed by atoms with Crippen LogP contribution in [0.3, 0.4) is 0 Å². The lowest BCUT2D eigenvalue weighted by Gasteiger charge is -2.41. The second-order valence-electron chi connectivity index (χ2n) is 7.17. The van der Waals surface area contributed by atoms with Crippen LogP contribution in [-0.4, -0.2) is 41.6 Å². The molecule has 1 aromatic rings. The average molecular weight is 344 g/mol. The molecule has 1 unspecified atom stereocenters. The Kier molecular flexibility index (Phi) is 5.42. The average Bonchev–Trinajstić information content (AvgIpc) is 2.99. The summed E-state index contributed by atoms with van der Waals surface area (Å²) in [5.74, 6) is -0.208. The van der Waals surface area contributed by atoms with Gasteiger partial charge in [-0.15, -0.1) is 0 Å². The summed E-state index contributed by atoms with van der Waals surface area (Å²) < 4.78 is 6.12. The topological polar surface area (TPSA) is 58.6 Å². The highest BCUT2D eigenvalue weighted by Gasteiger charge is 2.52. The van der Waals surface area contributed by atoms with Crippen molar-refractivity contribution in [1.82, 2.24) is 10.2 Å². The van der Waals surface area contributed by atoms with E-state index in [1.165, 1.54) is 0 Å². The number of aryl methyl sites for hydroxylation is 1. The van der Waals surface area contributed by atoms with Crippen molar-refractivity contribution in [2.45, 2.75) is 64.1 Å². The van der Waals surface area contributed by atoms with Gasteiger partial charge in [-0.2, -0.15) is 0 Å². The van der Waals surface area contributed by atoms with Gasteiger partial charge in [-0.05, 0) is 51.2 Å². The number of carbonyl (C=O) groups is 2. The molecule has 25 heavy (non-hydrogen) atoms. The smallest absolute Gasteiger partial charge is 0.256 e. The maximum Gasteiger partial charge on any atom is 0.256 e. The first-order valence-electron chi connectivity index (χ1n) is 9.39. The Bertz CT molecular complexity index is 620. The summed E-state index contributed by atoms with van der Waals surface area (Å²) in [7, 11) is 0. The minimum absolute atomic E-state index is 0.101. The quantitative estimate of drug-likeness (QED) is 0.913. The molecule has 1 atom stereocenters. The molecule has 0 bridgehead atoms. The number of ether oxygens (including phenoxy) is 1. The molecule has 1 aliphatic carbocycles. The number of hydrogen-bond donors (Lipinski definition) is 1. The van der Waals surface area contributed by atoms with E-state index in [4.69, 9.17) is 4.74 Å². The lowest BCUT2D eigenvalue weighted by atomic mass is 9.89. The molecule has 1 aromatic carbocycles. The van der Waals surface area contributed by atoms with Crippen LogP contribution in [0, 0.1) is 6.92 Å². The summed E-state index contributed by atoms with van der Waals surface area (Å²) in [4.78, 5) is 27.7. The number of nitrogens with zero attached hydrogens (tertiary/aromatic N) is 1. The Hall–Kier alpha value is -1.88. The number of nitrogens with one attached hydrogen (secondary N) is 1. The third-order valence-corrected chi connectivity index (χ3v) is 5.26. The highest BCUT2D eigenvalue weighted by molar-refractivity contribution is 5.98. The van der Waals surface area contributed by atoms with Crippen molar-refractivity contribution in [3.05, 3.63) is 35.4 Å². The monoisotopic (exact) mass is 344 g/mol. The summed E-state index contributed by atoms with van der Waals surface area (Å²) in [6.45, 7) is 4.92. The van der Waals surface area contributed by atoms with Crippen molar-refractivity contribution in [1.29, 1.82) is 0 Å². The van der Waals surface area contributed by atoms with Crippen LogP contribution >= 0.6 is 0 Å². The maximum absolute atomic E-state index is 13.3. The number of benzene rings is 1. The van der Waals surface area contributed by atoms with Crippen LogP contribution in [0.1, 0.15) is 61.4 Å². The molecule has 1 saturated carbocycles. The summed E-state index contributed by atoms with van der Waals surface area (Å²) in [5.41, 5.74) is 1.11. The Morgan fingerprint density at radius 2 is 1.88 bits per heavy atom. The number of rotatable bonds is 4. The molecular weight excluding hydrogens is 316 g/mol. The zero-order valence-electron chi connectivity index (χ0n) is 15.2. The zero-order chi connectivity index (χ0) is 17.9. The van der Waals surface area contributed by atoms with Crippen molar-refractivity contribution in [2.24, 2.45) is 0 Å². The standard InChI is InChI=1S/C20H28N2O3/c1-3-13-21-18(23)17-14-25-20(11-5-4-6-12-20)22(17)19(24)16-9-7-15(2)8-10-16/h7-10,17H,3-6,11-14H2,1-2H3,(H,21,23).